The van der Waals surface area contributed by atoms with Gasteiger partial charge in [-0.25, -0.2) is 0 Å². The number of hydrogen-bond donors (Lipinski definition) is 2. The molecule has 1 saturated carbocycles. The van der Waals surface area contributed by atoms with Crippen molar-refractivity contribution in [2.24, 2.45) is 16.6 Å². The van der Waals surface area contributed by atoms with Crippen molar-refractivity contribution in [1.29, 1.82) is 0 Å². The average molecular weight is 368 g/mol. The topological polar surface area (TPSA) is 62.9 Å². The standard InChI is InChI=1S/C12H24N4O.HI/c13-12(15-10-11-2-3-11)14-4-1-5-16-6-8-17-9-7-16;/h11H,1-10H2,(H3,13,14,15);1H. The van der Waals surface area contributed by atoms with Gasteiger partial charge in [0, 0.05) is 26.2 Å². The van der Waals surface area contributed by atoms with Crippen LogP contribution >= 0.6 is 24.0 Å². The Labute approximate surface area is 127 Å². The lowest BCUT2D eigenvalue weighted by molar-refractivity contribution is 0.0376. The fourth-order valence-electron chi connectivity index (χ4n) is 1.93. The zero-order valence-electron chi connectivity index (χ0n) is 10.9. The molecule has 0 radical (unpaired) electrons. The van der Waals surface area contributed by atoms with Gasteiger partial charge in [0.15, 0.2) is 5.96 Å². The normalized spacial score (nSPS) is 21.4. The summed E-state index contributed by atoms with van der Waals surface area (Å²) < 4.78 is 5.31. The second kappa shape index (κ2) is 8.92. The monoisotopic (exact) mass is 368 g/mol. The van der Waals surface area contributed by atoms with E-state index in [1.54, 1.807) is 0 Å². The maximum absolute atomic E-state index is 5.77. The van der Waals surface area contributed by atoms with Gasteiger partial charge in [-0.2, -0.15) is 0 Å². The highest BCUT2D eigenvalue weighted by Gasteiger charge is 2.20. The van der Waals surface area contributed by atoms with Gasteiger partial charge in [0.05, 0.1) is 13.2 Å². The van der Waals surface area contributed by atoms with E-state index in [0.29, 0.717) is 5.96 Å². The minimum Gasteiger partial charge on any atom is -0.379 e. The molecule has 1 aliphatic heterocycles. The first-order chi connectivity index (χ1) is 8.34. The Bertz CT molecular complexity index is 252. The van der Waals surface area contributed by atoms with Crippen LogP contribution in [0.3, 0.4) is 0 Å². The van der Waals surface area contributed by atoms with Crippen molar-refractivity contribution in [3.05, 3.63) is 0 Å². The summed E-state index contributed by atoms with van der Waals surface area (Å²) in [7, 11) is 0. The molecule has 2 rings (SSSR count). The van der Waals surface area contributed by atoms with Crippen LogP contribution in [-0.2, 0) is 4.74 Å². The molecule has 1 saturated heterocycles. The van der Waals surface area contributed by atoms with E-state index in [4.69, 9.17) is 10.5 Å². The molecule has 0 amide bonds. The van der Waals surface area contributed by atoms with Gasteiger partial charge in [0.1, 0.15) is 0 Å². The first-order valence-corrected chi connectivity index (χ1v) is 6.68. The van der Waals surface area contributed by atoms with E-state index >= 15 is 0 Å². The summed E-state index contributed by atoms with van der Waals surface area (Å²) in [6, 6.07) is 0. The van der Waals surface area contributed by atoms with Gasteiger partial charge >= 0.3 is 0 Å². The molecule has 0 aromatic rings. The molecule has 3 N–H and O–H groups in total. The van der Waals surface area contributed by atoms with Gasteiger partial charge in [-0.1, -0.05) is 0 Å². The number of nitrogens with zero attached hydrogens (tertiary/aromatic N) is 2. The van der Waals surface area contributed by atoms with E-state index in [2.05, 4.69) is 15.2 Å². The Kier molecular flexibility index (Phi) is 7.92. The number of guanidine groups is 1. The molecular weight excluding hydrogens is 343 g/mol. The number of halogens is 1. The summed E-state index contributed by atoms with van der Waals surface area (Å²) in [6.45, 7) is 6.80. The minimum atomic E-state index is 0. The second-order valence-electron chi connectivity index (χ2n) is 4.90. The van der Waals surface area contributed by atoms with Crippen LogP contribution in [0.4, 0.5) is 0 Å². The van der Waals surface area contributed by atoms with Crippen molar-refractivity contribution in [1.82, 2.24) is 10.2 Å². The van der Waals surface area contributed by atoms with E-state index in [0.717, 1.165) is 58.3 Å². The first-order valence-electron chi connectivity index (χ1n) is 6.68. The lowest BCUT2D eigenvalue weighted by Gasteiger charge is -2.26. The van der Waals surface area contributed by atoms with Crippen molar-refractivity contribution in [3.63, 3.8) is 0 Å². The van der Waals surface area contributed by atoms with Crippen LogP contribution in [0.2, 0.25) is 0 Å². The number of aliphatic imine (C=N–C) groups is 1. The number of nitrogens with one attached hydrogen (secondary N) is 1. The first kappa shape index (κ1) is 16.0. The quantitative estimate of drug-likeness (QED) is 0.313. The van der Waals surface area contributed by atoms with Gasteiger partial charge in [0.2, 0.25) is 0 Å². The summed E-state index contributed by atoms with van der Waals surface area (Å²) in [5.74, 6) is 1.42. The van der Waals surface area contributed by atoms with Gasteiger partial charge in [-0.3, -0.25) is 9.89 Å². The van der Waals surface area contributed by atoms with E-state index in [1.807, 2.05) is 0 Å². The SMILES string of the molecule is I.NC(=NCC1CC1)NCCCN1CCOCC1. The van der Waals surface area contributed by atoms with Crippen LogP contribution in [0.25, 0.3) is 0 Å². The fraction of sp³-hybridized carbons (Fsp3) is 0.917. The van der Waals surface area contributed by atoms with Crippen molar-refractivity contribution in [2.45, 2.75) is 19.3 Å². The van der Waals surface area contributed by atoms with Crippen LogP contribution in [-0.4, -0.2) is 56.8 Å². The van der Waals surface area contributed by atoms with Crippen LogP contribution in [0.15, 0.2) is 4.99 Å². The van der Waals surface area contributed by atoms with Crippen LogP contribution < -0.4 is 11.1 Å². The largest absolute Gasteiger partial charge is 0.379 e. The van der Waals surface area contributed by atoms with Crippen LogP contribution in [0.1, 0.15) is 19.3 Å². The van der Waals surface area contributed by atoms with Crippen molar-refractivity contribution < 1.29 is 4.74 Å². The minimum absolute atomic E-state index is 0. The second-order valence-corrected chi connectivity index (χ2v) is 4.90. The van der Waals surface area contributed by atoms with Crippen LogP contribution in [0.5, 0.6) is 0 Å². The van der Waals surface area contributed by atoms with Crippen molar-refractivity contribution in [2.75, 3.05) is 45.9 Å². The van der Waals surface area contributed by atoms with E-state index < -0.39 is 0 Å². The Hall–Kier alpha value is -0.0800. The predicted molar refractivity (Wildman–Crippen MR) is 84.5 cm³/mol. The number of rotatable bonds is 6. The number of hydrogen-bond acceptors (Lipinski definition) is 3. The molecule has 1 aliphatic carbocycles. The summed E-state index contributed by atoms with van der Waals surface area (Å²) in [6.07, 6.45) is 3.77. The maximum Gasteiger partial charge on any atom is 0.188 e. The number of nitrogens with two attached hydrogens (primary N) is 1. The van der Waals surface area contributed by atoms with Gasteiger partial charge in [-0.05, 0) is 31.7 Å². The third-order valence-corrected chi connectivity index (χ3v) is 3.28. The zero-order valence-corrected chi connectivity index (χ0v) is 13.3. The molecule has 5 nitrogen and oxygen atoms in total. The Morgan fingerprint density at radius 2 is 2.06 bits per heavy atom. The summed E-state index contributed by atoms with van der Waals surface area (Å²) in [5.41, 5.74) is 5.77. The molecule has 0 bridgehead atoms. The Morgan fingerprint density at radius 3 is 2.72 bits per heavy atom. The molecule has 0 aromatic carbocycles. The van der Waals surface area contributed by atoms with Gasteiger partial charge in [-0.15, -0.1) is 24.0 Å². The maximum atomic E-state index is 5.77. The highest BCUT2D eigenvalue weighted by atomic mass is 127. The lowest BCUT2D eigenvalue weighted by atomic mass is 10.3. The summed E-state index contributed by atoms with van der Waals surface area (Å²) in [5, 5.41) is 3.18. The van der Waals surface area contributed by atoms with E-state index in [9.17, 15) is 0 Å². The van der Waals surface area contributed by atoms with Crippen molar-refractivity contribution in [3.8, 4) is 0 Å². The molecule has 1 heterocycles. The fourth-order valence-corrected chi connectivity index (χ4v) is 1.93. The molecule has 0 spiro atoms. The average Bonchev–Trinajstić information content (AvgIpc) is 3.17. The highest BCUT2D eigenvalue weighted by Crippen LogP contribution is 2.28. The lowest BCUT2D eigenvalue weighted by Crippen LogP contribution is -2.39. The van der Waals surface area contributed by atoms with E-state index in [1.165, 1.54) is 12.8 Å². The highest BCUT2D eigenvalue weighted by molar-refractivity contribution is 14.0. The molecular formula is C12H25IN4O. The van der Waals surface area contributed by atoms with E-state index in [-0.39, 0.29) is 24.0 Å². The van der Waals surface area contributed by atoms with Gasteiger partial charge in [0.25, 0.3) is 0 Å². The summed E-state index contributed by atoms with van der Waals surface area (Å²) in [4.78, 5) is 6.75. The smallest absolute Gasteiger partial charge is 0.188 e. The van der Waals surface area contributed by atoms with Crippen LogP contribution in [0, 0.1) is 5.92 Å². The molecule has 0 aromatic heterocycles. The third-order valence-electron chi connectivity index (χ3n) is 3.28. The molecule has 106 valence electrons. The van der Waals surface area contributed by atoms with Gasteiger partial charge < -0.3 is 15.8 Å². The molecule has 6 heteroatoms. The third kappa shape index (κ3) is 6.75. The predicted octanol–water partition coefficient (Wildman–Crippen LogP) is 0.641. The Morgan fingerprint density at radius 1 is 1.33 bits per heavy atom. The molecule has 2 fully saturated rings. The molecule has 18 heavy (non-hydrogen) atoms. The summed E-state index contributed by atoms with van der Waals surface area (Å²) >= 11 is 0. The number of ether oxygens (including phenoxy) is 1. The number of morpholine rings is 1. The zero-order chi connectivity index (χ0) is 11.9. The Balaban J connectivity index is 0.00000162. The molecule has 2 aliphatic rings. The van der Waals surface area contributed by atoms with Crippen molar-refractivity contribution >= 4 is 29.9 Å². The molecule has 0 atom stereocenters. The molecule has 0 unspecified atom stereocenters.